The molecule has 1 N–H and O–H groups in total. The van der Waals surface area contributed by atoms with Gasteiger partial charge in [0.05, 0.1) is 5.56 Å². The number of hydrogen-bond donors (Lipinski definition) is 1. The van der Waals surface area contributed by atoms with Crippen molar-refractivity contribution in [3.05, 3.63) is 53.4 Å². The van der Waals surface area contributed by atoms with Crippen LogP contribution < -0.4 is 5.19 Å². The Morgan fingerprint density at radius 3 is 1.80 bits per heavy atom. The Balaban J connectivity index is 2.64. The van der Waals surface area contributed by atoms with E-state index in [1.807, 2.05) is 0 Å². The molecular formula is C16H15F5O3Si. The van der Waals surface area contributed by atoms with Crippen molar-refractivity contribution in [2.24, 2.45) is 0 Å². The molecule has 0 radical (unpaired) electrons. The normalized spacial score (nSPS) is 11.8. The smallest absolute Gasteiger partial charge is 0.386 e. The molecule has 136 valence electrons. The van der Waals surface area contributed by atoms with Crippen LogP contribution in [0.25, 0.3) is 11.1 Å². The fourth-order valence-corrected chi connectivity index (χ4v) is 4.17. The predicted molar refractivity (Wildman–Crippen MR) is 82.5 cm³/mol. The summed E-state index contributed by atoms with van der Waals surface area (Å²) >= 11 is 0. The van der Waals surface area contributed by atoms with Crippen molar-refractivity contribution in [1.82, 2.24) is 0 Å². The summed E-state index contributed by atoms with van der Waals surface area (Å²) in [5, 5.41) is 0.0811. The van der Waals surface area contributed by atoms with Gasteiger partial charge in [0.2, 0.25) is 5.82 Å². The average molecular weight is 378 g/mol. The number of hydrogen-bond acceptors (Lipinski definition) is 3. The van der Waals surface area contributed by atoms with E-state index < -0.39 is 43.5 Å². The van der Waals surface area contributed by atoms with Crippen LogP contribution in [0.2, 0.25) is 0 Å². The highest BCUT2D eigenvalue weighted by Gasteiger charge is 2.39. The fourth-order valence-electron chi connectivity index (χ4n) is 2.33. The Labute approximate surface area is 142 Å². The van der Waals surface area contributed by atoms with Gasteiger partial charge < -0.3 is 13.6 Å². The first-order valence-corrected chi connectivity index (χ1v) is 9.15. The van der Waals surface area contributed by atoms with Gasteiger partial charge in [-0.3, -0.25) is 0 Å². The van der Waals surface area contributed by atoms with Gasteiger partial charge in [0, 0.05) is 18.4 Å². The molecule has 0 amide bonds. The van der Waals surface area contributed by atoms with Crippen molar-refractivity contribution in [1.29, 1.82) is 0 Å². The minimum Gasteiger partial charge on any atom is -0.386 e. The molecular weight excluding hydrogens is 363 g/mol. The fraction of sp³-hybridized carbons (Fsp3) is 0.250. The van der Waals surface area contributed by atoms with Crippen LogP contribution in [0.4, 0.5) is 22.0 Å². The van der Waals surface area contributed by atoms with Crippen LogP contribution in [0, 0.1) is 29.1 Å². The largest absolute Gasteiger partial charge is 0.534 e. The number of rotatable bonds is 6. The molecule has 0 aromatic heterocycles. The molecule has 0 fully saturated rings. The second-order valence-corrected chi connectivity index (χ2v) is 7.29. The Bertz CT molecular complexity index is 750. The van der Waals surface area contributed by atoms with Crippen molar-refractivity contribution < 1.29 is 35.6 Å². The lowest BCUT2D eigenvalue weighted by atomic mass is 10.0. The van der Waals surface area contributed by atoms with Crippen LogP contribution >= 0.6 is 0 Å². The van der Waals surface area contributed by atoms with Crippen LogP contribution in [0.3, 0.4) is 0 Å². The van der Waals surface area contributed by atoms with E-state index in [9.17, 15) is 26.7 Å². The first-order chi connectivity index (χ1) is 11.8. The van der Waals surface area contributed by atoms with Crippen LogP contribution in [-0.4, -0.2) is 26.8 Å². The maximum absolute atomic E-state index is 14.0. The van der Waals surface area contributed by atoms with Crippen LogP contribution in [0.1, 0.15) is 13.8 Å². The zero-order valence-corrected chi connectivity index (χ0v) is 14.4. The SMILES string of the molecule is CCO[Si](O)(OCC)c1cccc(-c2c(F)c(F)c(F)c(F)c2F)c1. The van der Waals surface area contributed by atoms with E-state index in [1.54, 1.807) is 13.8 Å². The van der Waals surface area contributed by atoms with E-state index in [2.05, 4.69) is 0 Å². The van der Waals surface area contributed by atoms with Crippen LogP contribution in [-0.2, 0) is 8.85 Å². The minimum absolute atomic E-state index is 0.0811. The molecule has 0 saturated heterocycles. The molecule has 3 nitrogen and oxygen atoms in total. The lowest BCUT2D eigenvalue weighted by Gasteiger charge is -2.23. The highest BCUT2D eigenvalue weighted by Crippen LogP contribution is 2.31. The third-order valence-electron chi connectivity index (χ3n) is 3.41. The summed E-state index contributed by atoms with van der Waals surface area (Å²) < 4.78 is 78.5. The van der Waals surface area contributed by atoms with E-state index in [0.29, 0.717) is 0 Å². The van der Waals surface area contributed by atoms with Gasteiger partial charge in [0.1, 0.15) is 0 Å². The molecule has 2 rings (SSSR count). The van der Waals surface area contributed by atoms with Gasteiger partial charge in [0.25, 0.3) is 0 Å². The van der Waals surface area contributed by atoms with Crippen molar-refractivity contribution >= 4 is 14.0 Å². The van der Waals surface area contributed by atoms with Gasteiger partial charge >= 0.3 is 8.80 Å². The van der Waals surface area contributed by atoms with E-state index in [1.165, 1.54) is 12.1 Å². The summed E-state index contributed by atoms with van der Waals surface area (Å²) in [7, 11) is -3.87. The molecule has 0 aliphatic carbocycles. The topological polar surface area (TPSA) is 38.7 Å². The molecule has 2 aromatic rings. The maximum atomic E-state index is 14.0. The summed E-state index contributed by atoms with van der Waals surface area (Å²) in [5.74, 6) is -10.2. The van der Waals surface area contributed by atoms with Crippen molar-refractivity contribution in [3.63, 3.8) is 0 Å². The summed E-state index contributed by atoms with van der Waals surface area (Å²) in [6.07, 6.45) is 0. The van der Waals surface area contributed by atoms with Gasteiger partial charge in [-0.05, 0) is 25.5 Å². The third-order valence-corrected chi connectivity index (χ3v) is 5.81. The number of benzene rings is 2. The monoisotopic (exact) mass is 378 g/mol. The Morgan fingerprint density at radius 1 is 0.840 bits per heavy atom. The summed E-state index contributed by atoms with van der Waals surface area (Å²) in [5.41, 5.74) is -1.38. The first kappa shape index (κ1) is 19.5. The van der Waals surface area contributed by atoms with Gasteiger partial charge in [-0.1, -0.05) is 18.2 Å². The average Bonchev–Trinajstić information content (AvgIpc) is 2.59. The molecule has 0 aliphatic heterocycles. The Hall–Kier alpha value is -1.81. The first-order valence-electron chi connectivity index (χ1n) is 7.39. The van der Waals surface area contributed by atoms with Crippen LogP contribution in [0.5, 0.6) is 0 Å². The van der Waals surface area contributed by atoms with Crippen molar-refractivity contribution in [3.8, 4) is 11.1 Å². The summed E-state index contributed by atoms with van der Waals surface area (Å²) in [4.78, 5) is 10.5. The molecule has 0 heterocycles. The molecule has 0 spiro atoms. The quantitative estimate of drug-likeness (QED) is 0.363. The zero-order chi connectivity index (χ0) is 18.8. The molecule has 25 heavy (non-hydrogen) atoms. The number of halogens is 5. The molecule has 9 heteroatoms. The van der Waals surface area contributed by atoms with Gasteiger partial charge in [-0.15, -0.1) is 0 Å². The standard InChI is InChI=1S/C16H15F5O3Si/c1-3-23-25(22,24-4-2)10-7-5-6-9(8-10)11-12(17)14(19)16(21)15(20)13(11)18/h5-8,22H,3-4H2,1-2H3. The molecule has 0 saturated carbocycles. The second-order valence-electron chi connectivity index (χ2n) is 4.97. The van der Waals surface area contributed by atoms with Crippen LogP contribution in [0.15, 0.2) is 24.3 Å². The maximum Gasteiger partial charge on any atom is 0.534 e. The Kier molecular flexibility index (Phi) is 5.94. The molecule has 2 aromatic carbocycles. The van der Waals surface area contributed by atoms with Gasteiger partial charge in [0.15, 0.2) is 23.3 Å². The van der Waals surface area contributed by atoms with E-state index >= 15 is 0 Å². The molecule has 0 bridgehead atoms. The van der Waals surface area contributed by atoms with E-state index in [0.717, 1.165) is 12.1 Å². The lowest BCUT2D eigenvalue weighted by molar-refractivity contribution is 0.124. The van der Waals surface area contributed by atoms with Crippen molar-refractivity contribution in [2.75, 3.05) is 13.2 Å². The summed E-state index contributed by atoms with van der Waals surface area (Å²) in [6.45, 7) is 3.45. The molecule has 0 atom stereocenters. The summed E-state index contributed by atoms with van der Waals surface area (Å²) in [6, 6.07) is 4.95. The molecule has 0 unspecified atom stereocenters. The van der Waals surface area contributed by atoms with Crippen molar-refractivity contribution in [2.45, 2.75) is 13.8 Å². The minimum atomic E-state index is -3.87. The van der Waals surface area contributed by atoms with Gasteiger partial charge in [-0.25, -0.2) is 22.0 Å². The second kappa shape index (κ2) is 7.61. The highest BCUT2D eigenvalue weighted by molar-refractivity contribution is 6.74. The lowest BCUT2D eigenvalue weighted by Crippen LogP contribution is -2.54. The molecule has 0 aliphatic rings. The van der Waals surface area contributed by atoms with E-state index in [-0.39, 0.29) is 24.0 Å². The highest BCUT2D eigenvalue weighted by atomic mass is 28.4. The van der Waals surface area contributed by atoms with E-state index in [4.69, 9.17) is 8.85 Å². The third kappa shape index (κ3) is 3.59. The Morgan fingerprint density at radius 2 is 1.32 bits per heavy atom. The zero-order valence-electron chi connectivity index (χ0n) is 13.4. The van der Waals surface area contributed by atoms with Gasteiger partial charge in [-0.2, -0.15) is 0 Å². The predicted octanol–water partition coefficient (Wildman–Crippen LogP) is 3.26.